The summed E-state index contributed by atoms with van der Waals surface area (Å²) in [6.07, 6.45) is 2.47. The highest BCUT2D eigenvalue weighted by atomic mass is 35.5. The molecule has 4 aromatic carbocycles. The van der Waals surface area contributed by atoms with Crippen LogP contribution in [-0.4, -0.2) is 85.0 Å². The third kappa shape index (κ3) is 12.8. The van der Waals surface area contributed by atoms with Crippen molar-refractivity contribution in [2.24, 2.45) is 0 Å². The fraction of sp³-hybridized carbons (Fsp3) is 0.455. The summed E-state index contributed by atoms with van der Waals surface area (Å²) < 4.78 is 0. The maximum absolute atomic E-state index is 6.08. The van der Waals surface area contributed by atoms with Crippen LogP contribution in [0.3, 0.4) is 0 Å². The molecule has 0 amide bonds. The van der Waals surface area contributed by atoms with Crippen molar-refractivity contribution in [1.82, 2.24) is 19.6 Å². The first-order chi connectivity index (χ1) is 24.6. The highest BCUT2D eigenvalue weighted by Crippen LogP contribution is 2.32. The van der Waals surface area contributed by atoms with E-state index in [1.165, 1.54) is 48.2 Å². The third-order valence-corrected chi connectivity index (χ3v) is 9.73. The van der Waals surface area contributed by atoms with Crippen LogP contribution in [0.2, 0.25) is 10.0 Å². The molecule has 2 aliphatic heterocycles. The number of benzene rings is 4. The summed E-state index contributed by atoms with van der Waals surface area (Å²) >= 11 is 12.2. The van der Waals surface area contributed by atoms with E-state index in [1.54, 1.807) is 0 Å². The number of rotatable bonds is 10. The smallest absolute Gasteiger partial charge is 0.0602 e. The molecule has 2 heterocycles. The normalized spacial score (nSPS) is 16.8. The van der Waals surface area contributed by atoms with E-state index < -0.39 is 0 Å². The van der Waals surface area contributed by atoms with Crippen LogP contribution in [0.25, 0.3) is 0 Å². The van der Waals surface area contributed by atoms with Crippen molar-refractivity contribution >= 4 is 23.2 Å². The van der Waals surface area contributed by atoms with Gasteiger partial charge in [0.1, 0.15) is 0 Å². The van der Waals surface area contributed by atoms with E-state index in [4.69, 9.17) is 23.2 Å². The van der Waals surface area contributed by atoms with Gasteiger partial charge in [-0.05, 0) is 72.5 Å². The Hall–Kier alpha value is -2.70. The lowest BCUT2D eigenvalue weighted by Gasteiger charge is -2.39. The molecule has 0 bridgehead atoms. The highest BCUT2D eigenvalue weighted by molar-refractivity contribution is 6.30. The van der Waals surface area contributed by atoms with Crippen molar-refractivity contribution in [3.63, 3.8) is 0 Å². The zero-order valence-electron chi connectivity index (χ0n) is 31.6. The summed E-state index contributed by atoms with van der Waals surface area (Å²) in [5.41, 5.74) is 5.37. The Bertz CT molecular complexity index is 1290. The molecule has 4 aromatic rings. The summed E-state index contributed by atoms with van der Waals surface area (Å²) in [4.78, 5) is 10.3. The van der Waals surface area contributed by atoms with Gasteiger partial charge in [0.05, 0.1) is 12.1 Å². The van der Waals surface area contributed by atoms with E-state index in [1.807, 2.05) is 52.0 Å². The first-order valence-corrected chi connectivity index (χ1v) is 19.8. The van der Waals surface area contributed by atoms with E-state index >= 15 is 0 Å². The van der Waals surface area contributed by atoms with Gasteiger partial charge in [0, 0.05) is 62.4 Å². The Morgan fingerprint density at radius 2 is 0.700 bits per heavy atom. The van der Waals surface area contributed by atoms with Gasteiger partial charge in [-0.2, -0.15) is 0 Å². The second-order valence-electron chi connectivity index (χ2n) is 12.5. The molecule has 2 aliphatic rings. The van der Waals surface area contributed by atoms with Crippen molar-refractivity contribution in [2.75, 3.05) is 65.4 Å². The van der Waals surface area contributed by atoms with E-state index in [0.29, 0.717) is 12.1 Å². The molecule has 6 rings (SSSR count). The van der Waals surface area contributed by atoms with Crippen LogP contribution >= 0.6 is 23.2 Å². The van der Waals surface area contributed by atoms with Crippen LogP contribution in [0.1, 0.15) is 88.7 Å². The average Bonchev–Trinajstić information content (AvgIpc) is 3.18. The number of hydrogen-bond donors (Lipinski definition) is 0. The summed E-state index contributed by atoms with van der Waals surface area (Å²) in [6, 6.07) is 38.9. The molecule has 50 heavy (non-hydrogen) atoms. The van der Waals surface area contributed by atoms with Gasteiger partial charge in [-0.1, -0.05) is 150 Å². The summed E-state index contributed by atoms with van der Waals surface area (Å²) in [5.74, 6) is 0. The molecule has 272 valence electrons. The molecule has 0 radical (unpaired) electrons. The molecule has 0 N–H and O–H groups in total. The van der Waals surface area contributed by atoms with E-state index in [-0.39, 0.29) is 0 Å². The molecule has 6 heteroatoms. The molecular weight excluding hydrogens is 655 g/mol. The second kappa shape index (κ2) is 23.7. The molecule has 0 aliphatic carbocycles. The Kier molecular flexibility index (Phi) is 19.8. The zero-order valence-corrected chi connectivity index (χ0v) is 33.1. The van der Waals surface area contributed by atoms with Gasteiger partial charge in [0.2, 0.25) is 0 Å². The SMILES string of the molecule is CC.CC.CCCN1CCN(C(c2ccccc2)c2ccc(Cl)cc2)CC1.CCCN1CCN([C@H](c2ccccc2)c2ccc(Cl)cc2)CC1. The highest BCUT2D eigenvalue weighted by Gasteiger charge is 2.27. The van der Waals surface area contributed by atoms with Crippen molar-refractivity contribution in [1.29, 1.82) is 0 Å². The molecule has 1 unspecified atom stereocenters. The van der Waals surface area contributed by atoms with Gasteiger partial charge in [-0.15, -0.1) is 0 Å². The fourth-order valence-corrected chi connectivity index (χ4v) is 7.16. The van der Waals surface area contributed by atoms with Crippen LogP contribution in [0.5, 0.6) is 0 Å². The standard InChI is InChI=1S/2C20H25ClN2.2C2H6/c2*1-2-12-22-13-15-23(16-14-22)20(17-6-4-3-5-7-17)18-8-10-19(21)11-9-18;2*1-2/h2*3-11,20H,2,12-16H2,1H3;2*1-2H3/t20-;;;/m1.../s1. The number of hydrogen-bond acceptors (Lipinski definition) is 4. The quantitative estimate of drug-likeness (QED) is 0.162. The monoisotopic (exact) mass is 716 g/mol. The first-order valence-electron chi connectivity index (χ1n) is 19.1. The Morgan fingerprint density at radius 1 is 0.420 bits per heavy atom. The topological polar surface area (TPSA) is 13.0 Å². The maximum Gasteiger partial charge on any atom is 0.0602 e. The lowest BCUT2D eigenvalue weighted by atomic mass is 9.96. The molecule has 0 aromatic heterocycles. The molecule has 2 saturated heterocycles. The minimum absolute atomic E-state index is 0.317. The van der Waals surface area contributed by atoms with E-state index in [9.17, 15) is 0 Å². The fourth-order valence-electron chi connectivity index (χ4n) is 6.91. The minimum Gasteiger partial charge on any atom is -0.301 e. The Morgan fingerprint density at radius 3 is 0.980 bits per heavy atom. The maximum atomic E-state index is 6.08. The molecular formula is C44H62Cl2N4. The largest absolute Gasteiger partial charge is 0.301 e. The third-order valence-electron chi connectivity index (χ3n) is 9.23. The summed E-state index contributed by atoms with van der Waals surface area (Å²) in [7, 11) is 0. The van der Waals surface area contributed by atoms with Crippen molar-refractivity contribution in [2.45, 2.75) is 66.5 Å². The van der Waals surface area contributed by atoms with Gasteiger partial charge in [0.25, 0.3) is 0 Å². The van der Waals surface area contributed by atoms with Crippen LogP contribution in [0, 0.1) is 0 Å². The lowest BCUT2D eigenvalue weighted by Crippen LogP contribution is -2.47. The van der Waals surface area contributed by atoms with E-state index in [2.05, 4.69) is 118 Å². The molecule has 2 atom stereocenters. The van der Waals surface area contributed by atoms with Gasteiger partial charge in [-0.3, -0.25) is 9.80 Å². The van der Waals surface area contributed by atoms with Crippen LogP contribution < -0.4 is 0 Å². The van der Waals surface area contributed by atoms with Crippen molar-refractivity contribution < 1.29 is 0 Å². The summed E-state index contributed by atoms with van der Waals surface area (Å²) in [6.45, 7) is 24.0. The number of nitrogens with zero attached hydrogens (tertiary/aromatic N) is 4. The Balaban J connectivity index is 0.000000246. The first kappa shape index (κ1) is 41.7. The van der Waals surface area contributed by atoms with Gasteiger partial charge < -0.3 is 9.80 Å². The predicted octanol–water partition coefficient (Wildman–Crippen LogP) is 11.0. The van der Waals surface area contributed by atoms with Crippen LogP contribution in [0.15, 0.2) is 109 Å². The van der Waals surface area contributed by atoms with E-state index in [0.717, 1.165) is 62.4 Å². The predicted molar refractivity (Wildman–Crippen MR) is 219 cm³/mol. The van der Waals surface area contributed by atoms with Crippen LogP contribution in [0.4, 0.5) is 0 Å². The van der Waals surface area contributed by atoms with Gasteiger partial charge >= 0.3 is 0 Å². The Labute approximate surface area is 315 Å². The molecule has 4 nitrogen and oxygen atoms in total. The molecule has 0 saturated carbocycles. The summed E-state index contributed by atoms with van der Waals surface area (Å²) in [5, 5.41) is 1.60. The molecule has 2 fully saturated rings. The van der Waals surface area contributed by atoms with Crippen molar-refractivity contribution in [3.8, 4) is 0 Å². The molecule has 0 spiro atoms. The second-order valence-corrected chi connectivity index (χ2v) is 13.4. The van der Waals surface area contributed by atoms with Gasteiger partial charge in [-0.25, -0.2) is 0 Å². The van der Waals surface area contributed by atoms with Gasteiger partial charge in [0.15, 0.2) is 0 Å². The number of halogens is 2. The minimum atomic E-state index is 0.317. The average molecular weight is 718 g/mol. The lowest BCUT2D eigenvalue weighted by molar-refractivity contribution is 0.109. The van der Waals surface area contributed by atoms with Crippen LogP contribution in [-0.2, 0) is 0 Å². The zero-order chi connectivity index (χ0) is 36.1. The van der Waals surface area contributed by atoms with Crippen molar-refractivity contribution in [3.05, 3.63) is 141 Å². The number of piperazine rings is 2.